The molecule has 3 aromatic rings. The predicted molar refractivity (Wildman–Crippen MR) is 105 cm³/mol. The van der Waals surface area contributed by atoms with Crippen LogP contribution in [0.1, 0.15) is 22.4 Å². The summed E-state index contributed by atoms with van der Waals surface area (Å²) >= 11 is 1.40. The van der Waals surface area contributed by atoms with Gasteiger partial charge in [0.2, 0.25) is 5.91 Å². The Morgan fingerprint density at radius 1 is 1.26 bits per heavy atom. The van der Waals surface area contributed by atoms with Gasteiger partial charge in [-0.25, -0.2) is 14.8 Å². The van der Waals surface area contributed by atoms with Crippen molar-refractivity contribution in [2.24, 2.45) is 5.10 Å². The summed E-state index contributed by atoms with van der Waals surface area (Å²) in [6.07, 6.45) is 1.63. The zero-order valence-corrected chi connectivity index (χ0v) is 15.7. The van der Waals surface area contributed by atoms with Gasteiger partial charge in [-0.1, -0.05) is 0 Å². The Labute approximate surface area is 160 Å². The molecule has 0 aliphatic carbocycles. The van der Waals surface area contributed by atoms with Crippen LogP contribution in [0, 0.1) is 19.7 Å². The predicted octanol–water partition coefficient (Wildman–Crippen LogP) is 3.96. The molecule has 7 heteroatoms. The highest BCUT2D eigenvalue weighted by Crippen LogP contribution is 2.24. The van der Waals surface area contributed by atoms with Crippen LogP contribution >= 0.6 is 11.3 Å². The first-order chi connectivity index (χ1) is 12.9. The van der Waals surface area contributed by atoms with Gasteiger partial charge in [-0.15, -0.1) is 11.3 Å². The number of rotatable bonds is 5. The maximum Gasteiger partial charge on any atom is 0.246 e. The van der Waals surface area contributed by atoms with Gasteiger partial charge >= 0.3 is 0 Å². The van der Waals surface area contributed by atoms with Gasteiger partial charge in [0.1, 0.15) is 16.6 Å². The third-order valence-electron chi connectivity index (χ3n) is 3.90. The van der Waals surface area contributed by atoms with Gasteiger partial charge in [-0.3, -0.25) is 4.79 Å². The lowest BCUT2D eigenvalue weighted by atomic mass is 10.1. The second-order valence-electron chi connectivity index (χ2n) is 6.12. The largest absolute Gasteiger partial charge is 0.507 e. The fourth-order valence-electron chi connectivity index (χ4n) is 2.56. The molecule has 1 heterocycles. The lowest BCUT2D eigenvalue weighted by Crippen LogP contribution is -2.19. The number of carbonyl (C=O) groups is 1. The summed E-state index contributed by atoms with van der Waals surface area (Å²) in [7, 11) is 0. The number of halogens is 1. The van der Waals surface area contributed by atoms with Crippen LogP contribution in [0.5, 0.6) is 5.75 Å². The highest BCUT2D eigenvalue weighted by atomic mass is 32.1. The molecule has 1 aromatic heterocycles. The van der Waals surface area contributed by atoms with Crippen molar-refractivity contribution in [3.63, 3.8) is 0 Å². The van der Waals surface area contributed by atoms with E-state index in [-0.39, 0.29) is 23.9 Å². The fraction of sp³-hybridized carbons (Fsp3) is 0.150. The molecule has 0 aliphatic heterocycles. The van der Waals surface area contributed by atoms with Gasteiger partial charge in [0.05, 0.1) is 18.3 Å². The number of benzene rings is 2. The van der Waals surface area contributed by atoms with E-state index >= 15 is 0 Å². The standard InChI is InChI=1S/C20H18FN3O2S/c1-12-7-14(8-13(2)19(12)26)10-22-24-18(25)9-17-11-27-20(23-17)15-3-5-16(21)6-4-15/h3-8,10-11,26H,9H2,1-2H3,(H,24,25)/b22-10+. The summed E-state index contributed by atoms with van der Waals surface area (Å²) in [5.41, 5.74) is 6.19. The van der Waals surface area contributed by atoms with Crippen LogP contribution in [0.15, 0.2) is 46.9 Å². The van der Waals surface area contributed by atoms with E-state index < -0.39 is 0 Å². The molecule has 138 valence electrons. The van der Waals surface area contributed by atoms with E-state index in [2.05, 4.69) is 15.5 Å². The van der Waals surface area contributed by atoms with E-state index in [0.29, 0.717) is 5.69 Å². The topological polar surface area (TPSA) is 74.6 Å². The molecule has 2 aromatic carbocycles. The number of thiazole rings is 1. The van der Waals surface area contributed by atoms with Gasteiger partial charge in [-0.2, -0.15) is 5.10 Å². The van der Waals surface area contributed by atoms with Crippen molar-refractivity contribution < 1.29 is 14.3 Å². The summed E-state index contributed by atoms with van der Waals surface area (Å²) in [5, 5.41) is 16.3. The maximum absolute atomic E-state index is 13.0. The third-order valence-corrected chi connectivity index (χ3v) is 4.84. The number of nitrogens with zero attached hydrogens (tertiary/aromatic N) is 2. The smallest absolute Gasteiger partial charge is 0.246 e. The zero-order chi connectivity index (χ0) is 19.4. The van der Waals surface area contributed by atoms with Crippen molar-refractivity contribution in [2.45, 2.75) is 20.3 Å². The molecule has 0 fully saturated rings. The lowest BCUT2D eigenvalue weighted by Gasteiger charge is -2.04. The maximum atomic E-state index is 13.0. The van der Waals surface area contributed by atoms with Crippen molar-refractivity contribution in [3.8, 4) is 16.3 Å². The quantitative estimate of drug-likeness (QED) is 0.517. The number of hydrogen-bond acceptors (Lipinski definition) is 5. The minimum Gasteiger partial charge on any atom is -0.507 e. The first-order valence-electron chi connectivity index (χ1n) is 8.25. The molecule has 1 amide bonds. The van der Waals surface area contributed by atoms with Crippen LogP contribution in [0.2, 0.25) is 0 Å². The van der Waals surface area contributed by atoms with Gasteiger partial charge in [0, 0.05) is 10.9 Å². The van der Waals surface area contributed by atoms with E-state index in [9.17, 15) is 14.3 Å². The van der Waals surface area contributed by atoms with E-state index in [1.165, 1.54) is 29.7 Å². The molecule has 0 saturated carbocycles. The highest BCUT2D eigenvalue weighted by molar-refractivity contribution is 7.13. The van der Waals surface area contributed by atoms with Crippen LogP contribution in [0.25, 0.3) is 10.6 Å². The number of amides is 1. The number of aromatic hydroxyl groups is 1. The van der Waals surface area contributed by atoms with Crippen LogP contribution in [-0.2, 0) is 11.2 Å². The highest BCUT2D eigenvalue weighted by Gasteiger charge is 2.09. The number of hydrazone groups is 1. The lowest BCUT2D eigenvalue weighted by molar-refractivity contribution is -0.120. The number of phenolic OH excluding ortho intramolecular Hbond substituents is 1. The van der Waals surface area contributed by atoms with Gasteiger partial charge in [-0.05, 0) is 66.9 Å². The Hall–Kier alpha value is -3.06. The molecular formula is C20H18FN3O2S. The Morgan fingerprint density at radius 3 is 2.59 bits per heavy atom. The molecule has 0 aliphatic rings. The number of carbonyl (C=O) groups excluding carboxylic acids is 1. The first-order valence-corrected chi connectivity index (χ1v) is 9.13. The number of aryl methyl sites for hydroxylation is 2. The van der Waals surface area contributed by atoms with E-state index in [0.717, 1.165) is 27.3 Å². The Balaban J connectivity index is 1.59. The molecule has 0 bridgehead atoms. The SMILES string of the molecule is Cc1cc(/C=N/NC(=O)Cc2csc(-c3ccc(F)cc3)n2)cc(C)c1O. The summed E-state index contributed by atoms with van der Waals surface area (Å²) < 4.78 is 13.0. The minimum atomic E-state index is -0.299. The molecule has 0 radical (unpaired) electrons. The second-order valence-corrected chi connectivity index (χ2v) is 6.98. The number of hydrogen-bond donors (Lipinski definition) is 2. The van der Waals surface area contributed by atoms with Crippen molar-refractivity contribution >= 4 is 23.5 Å². The average molecular weight is 383 g/mol. The second kappa shape index (κ2) is 8.09. The van der Waals surface area contributed by atoms with Crippen LogP contribution in [0.4, 0.5) is 4.39 Å². The van der Waals surface area contributed by atoms with Crippen molar-refractivity contribution in [1.29, 1.82) is 0 Å². The summed E-state index contributed by atoms with van der Waals surface area (Å²) in [6, 6.07) is 9.64. The molecule has 3 rings (SSSR count). The molecule has 5 nitrogen and oxygen atoms in total. The molecule has 2 N–H and O–H groups in total. The Morgan fingerprint density at radius 2 is 1.93 bits per heavy atom. The first kappa shape index (κ1) is 18.7. The molecule has 0 atom stereocenters. The van der Waals surface area contributed by atoms with Crippen LogP contribution < -0.4 is 5.43 Å². The monoisotopic (exact) mass is 383 g/mol. The zero-order valence-electron chi connectivity index (χ0n) is 14.9. The average Bonchev–Trinajstić information content (AvgIpc) is 3.08. The summed E-state index contributed by atoms with van der Waals surface area (Å²) in [4.78, 5) is 16.4. The fourth-order valence-corrected chi connectivity index (χ4v) is 3.39. The van der Waals surface area contributed by atoms with Crippen molar-refractivity contribution in [1.82, 2.24) is 10.4 Å². The van der Waals surface area contributed by atoms with Gasteiger partial charge < -0.3 is 5.11 Å². The minimum absolute atomic E-state index is 0.0999. The number of aromatic nitrogens is 1. The number of phenols is 1. The Kier molecular flexibility index (Phi) is 5.61. The Bertz CT molecular complexity index is 974. The molecule has 0 unspecified atom stereocenters. The van der Waals surface area contributed by atoms with E-state index in [1.807, 2.05) is 0 Å². The summed E-state index contributed by atoms with van der Waals surface area (Å²) in [6.45, 7) is 3.61. The van der Waals surface area contributed by atoms with Crippen molar-refractivity contribution in [2.75, 3.05) is 0 Å². The molecule has 27 heavy (non-hydrogen) atoms. The van der Waals surface area contributed by atoms with Crippen LogP contribution in [-0.4, -0.2) is 22.2 Å². The molecule has 0 spiro atoms. The van der Waals surface area contributed by atoms with Crippen LogP contribution in [0.3, 0.4) is 0 Å². The summed E-state index contributed by atoms with van der Waals surface area (Å²) in [5.74, 6) is -0.321. The molecule has 0 saturated heterocycles. The molecular weight excluding hydrogens is 365 g/mol. The number of nitrogens with one attached hydrogen (secondary N) is 1. The van der Waals surface area contributed by atoms with Gasteiger partial charge in [0.25, 0.3) is 0 Å². The van der Waals surface area contributed by atoms with Crippen molar-refractivity contribution in [3.05, 3.63) is 70.0 Å². The third kappa shape index (κ3) is 4.77. The van der Waals surface area contributed by atoms with E-state index in [1.54, 1.807) is 43.5 Å². The van der Waals surface area contributed by atoms with Gasteiger partial charge in [0.15, 0.2) is 0 Å². The normalized spacial score (nSPS) is 11.1. The van der Waals surface area contributed by atoms with E-state index in [4.69, 9.17) is 0 Å².